The van der Waals surface area contributed by atoms with E-state index in [4.69, 9.17) is 38.5 Å². The van der Waals surface area contributed by atoms with Gasteiger partial charge >= 0.3 is 18.3 Å². The van der Waals surface area contributed by atoms with Crippen molar-refractivity contribution >= 4 is 81.3 Å². The first-order valence-corrected chi connectivity index (χ1v) is 21.6. The minimum absolute atomic E-state index is 0.0105. The number of carboxylic acids is 1. The lowest BCUT2D eigenvalue weighted by atomic mass is 10.0. The van der Waals surface area contributed by atoms with Crippen LogP contribution in [0.15, 0.2) is 54.6 Å². The van der Waals surface area contributed by atoms with Gasteiger partial charge in [-0.15, -0.1) is 0 Å². The Morgan fingerprint density at radius 1 is 0.985 bits per heavy atom. The monoisotopic (exact) mass is 980 g/mol. The van der Waals surface area contributed by atoms with Gasteiger partial charge in [-0.1, -0.05) is 18.5 Å². The number of amides is 4. The second-order valence-corrected chi connectivity index (χ2v) is 17.3. The van der Waals surface area contributed by atoms with Gasteiger partial charge in [-0.3, -0.25) is 39.2 Å². The quantitative estimate of drug-likeness (QED) is 0.0829. The van der Waals surface area contributed by atoms with E-state index in [1.54, 1.807) is 55.1 Å². The maximum absolute atomic E-state index is 13.8. The molecule has 0 spiro atoms. The average Bonchev–Trinajstić information content (AvgIpc) is 3.41. The second kappa shape index (κ2) is 20.9. The maximum atomic E-state index is 13.8. The number of piperidine rings is 1. The summed E-state index contributed by atoms with van der Waals surface area (Å²) in [5, 5.41) is 25.1. The highest BCUT2D eigenvalue weighted by atomic mass is 35.5. The van der Waals surface area contributed by atoms with Gasteiger partial charge < -0.3 is 25.4 Å². The molecular formula is C44H47ClF6N8O7S. The Kier molecular flexibility index (Phi) is 16.2. The number of rotatable bonds is 12. The van der Waals surface area contributed by atoms with Crippen LogP contribution in [0.2, 0.25) is 5.02 Å². The number of carbonyl (C=O) groups excluding carboxylic acids is 4. The first kappa shape index (κ1) is 52.0. The molecule has 0 saturated carbocycles. The molecule has 3 aromatic carbocycles. The molecule has 1 unspecified atom stereocenters. The van der Waals surface area contributed by atoms with Gasteiger partial charge in [0.25, 0.3) is 5.91 Å². The van der Waals surface area contributed by atoms with Gasteiger partial charge in [-0.05, 0) is 113 Å². The summed E-state index contributed by atoms with van der Waals surface area (Å²) in [7, 11) is 0. The molecule has 3 aliphatic heterocycles. The van der Waals surface area contributed by atoms with Crippen molar-refractivity contribution in [3.05, 3.63) is 76.3 Å². The summed E-state index contributed by atoms with van der Waals surface area (Å²) in [6, 6.07) is 14.6. The molecule has 4 N–H and O–H groups in total. The van der Waals surface area contributed by atoms with E-state index >= 15 is 0 Å². The summed E-state index contributed by atoms with van der Waals surface area (Å²) in [6.07, 6.45) is -8.72. The smallest absolute Gasteiger partial charge is 0.490 e. The lowest BCUT2D eigenvalue weighted by molar-refractivity contribution is -0.192. The Morgan fingerprint density at radius 2 is 1.61 bits per heavy atom. The SMILES string of the molecule is CCc1cc(N2C(=S)N(c3ccc(C#N)c(C(F)(F)F)c3)C(=O)C2(C)C)ccc1OCCN1C[C@@H](C)N(CC(=O)Nc2cc(Cl)cc(NC3CCC(=O)NC3=O)c2)[C@H](C)C1.O=C(O)C(F)(F)F. The zero-order valence-electron chi connectivity index (χ0n) is 36.8. The Bertz CT molecular complexity index is 2460. The van der Waals surface area contributed by atoms with E-state index in [1.165, 1.54) is 6.07 Å². The van der Waals surface area contributed by atoms with Crippen molar-refractivity contribution in [1.82, 2.24) is 15.1 Å². The molecule has 0 aliphatic carbocycles. The number of halogens is 7. The van der Waals surface area contributed by atoms with Crippen LogP contribution in [0.1, 0.15) is 64.2 Å². The van der Waals surface area contributed by atoms with Gasteiger partial charge in [0.1, 0.15) is 23.9 Å². The fourth-order valence-electron chi connectivity index (χ4n) is 7.97. The van der Waals surface area contributed by atoms with Crippen LogP contribution in [0.3, 0.4) is 0 Å². The van der Waals surface area contributed by atoms with Crippen LogP contribution >= 0.6 is 23.8 Å². The van der Waals surface area contributed by atoms with Gasteiger partial charge in [-0.2, -0.15) is 31.6 Å². The Hall–Kier alpha value is -6.02. The van der Waals surface area contributed by atoms with E-state index in [-0.39, 0.29) is 47.7 Å². The first-order valence-electron chi connectivity index (χ1n) is 20.8. The van der Waals surface area contributed by atoms with E-state index in [0.717, 1.165) is 22.6 Å². The molecule has 15 nitrogen and oxygen atoms in total. The van der Waals surface area contributed by atoms with E-state index < -0.39 is 52.8 Å². The molecule has 3 fully saturated rings. The van der Waals surface area contributed by atoms with Crippen LogP contribution in [0, 0.1) is 11.3 Å². The standard InChI is InChI=1S/C42H46ClF3N8O5S.C2HF3O2/c1-6-26-15-32(54-40(60)53(39(58)41(54,4)5)31-8-7-27(20-47)33(19-31)42(44,45)46)9-11-35(26)59-14-13-51-21-24(2)52(25(3)22-51)23-37(56)49-30-17-28(43)16-29(18-30)48-34-10-12-36(55)50-38(34)57;3-2(4,5)1(6)7/h7-9,11,15-19,24-25,34,48H,6,10,12-14,21-23H2,1-5H3,(H,49,56)(H,50,55,57);(H,6,7)/t24-,25-,34?;/m1./s1. The number of alkyl halides is 6. The normalized spacial score (nSPS) is 20.1. The minimum Gasteiger partial charge on any atom is -0.492 e. The molecule has 3 saturated heterocycles. The molecule has 23 heteroatoms. The predicted octanol–water partition coefficient (Wildman–Crippen LogP) is 6.97. The number of imide groups is 1. The molecule has 3 atom stereocenters. The molecular weight excluding hydrogens is 934 g/mol. The lowest BCUT2D eigenvalue weighted by Crippen LogP contribution is -2.58. The van der Waals surface area contributed by atoms with Crippen LogP contribution in [-0.2, 0) is 36.6 Å². The molecule has 3 heterocycles. The summed E-state index contributed by atoms with van der Waals surface area (Å²) in [4.78, 5) is 66.7. The number of hydrogen-bond acceptors (Lipinski definition) is 11. The molecule has 3 aliphatic rings. The minimum atomic E-state index is -5.08. The average molecular weight is 981 g/mol. The molecule has 6 rings (SSSR count). The number of nitriles is 1. The van der Waals surface area contributed by atoms with Gasteiger partial charge in [0, 0.05) is 60.2 Å². The number of benzene rings is 3. The lowest BCUT2D eigenvalue weighted by Gasteiger charge is -2.44. The topological polar surface area (TPSA) is 188 Å². The van der Waals surface area contributed by atoms with Gasteiger partial charge in [0.2, 0.25) is 17.7 Å². The van der Waals surface area contributed by atoms with E-state index in [1.807, 2.05) is 13.0 Å². The summed E-state index contributed by atoms with van der Waals surface area (Å²) in [5.74, 6) is -3.55. The molecule has 0 aromatic heterocycles. The second-order valence-electron chi connectivity index (χ2n) is 16.5. The Labute approximate surface area is 391 Å². The van der Waals surface area contributed by atoms with Gasteiger partial charge in [0.05, 0.1) is 29.4 Å². The first-order chi connectivity index (χ1) is 31.2. The number of anilines is 4. The van der Waals surface area contributed by atoms with Crippen molar-refractivity contribution in [2.75, 3.05) is 53.2 Å². The van der Waals surface area contributed by atoms with Gasteiger partial charge in [-0.25, -0.2) is 4.79 Å². The number of thiocarbonyl (C=S) groups is 1. The highest BCUT2D eigenvalue weighted by Gasteiger charge is 2.51. The number of carbonyl (C=O) groups is 5. The van der Waals surface area contributed by atoms with Crippen LogP contribution in [-0.4, -0.2) is 112 Å². The third-order valence-corrected chi connectivity index (χ3v) is 11.8. The van der Waals surface area contributed by atoms with Crippen molar-refractivity contribution < 1.29 is 60.2 Å². The summed E-state index contributed by atoms with van der Waals surface area (Å²) in [5.41, 5.74) is -0.554. The third-order valence-electron chi connectivity index (χ3n) is 11.2. The largest absolute Gasteiger partial charge is 0.492 e. The van der Waals surface area contributed by atoms with Crippen LogP contribution in [0.25, 0.3) is 0 Å². The number of hydrogen-bond donors (Lipinski definition) is 4. The number of ether oxygens (including phenoxy) is 1. The van der Waals surface area contributed by atoms with Crippen molar-refractivity contribution in [3.8, 4) is 11.8 Å². The van der Waals surface area contributed by atoms with Gasteiger partial charge in [0.15, 0.2) is 5.11 Å². The van der Waals surface area contributed by atoms with E-state index in [0.29, 0.717) is 66.9 Å². The highest BCUT2D eigenvalue weighted by Crippen LogP contribution is 2.41. The molecule has 360 valence electrons. The molecule has 0 bridgehead atoms. The number of piperazine rings is 1. The number of aliphatic carboxylic acids is 1. The van der Waals surface area contributed by atoms with Crippen molar-refractivity contribution in [1.29, 1.82) is 5.26 Å². The Morgan fingerprint density at radius 3 is 2.19 bits per heavy atom. The zero-order chi connectivity index (χ0) is 49.8. The number of aryl methyl sites for hydroxylation is 1. The van der Waals surface area contributed by atoms with Crippen LogP contribution in [0.5, 0.6) is 5.75 Å². The van der Waals surface area contributed by atoms with Crippen molar-refractivity contribution in [2.24, 2.45) is 0 Å². The fraction of sp³-hybridized carbons (Fsp3) is 0.432. The summed E-state index contributed by atoms with van der Waals surface area (Å²) < 4.78 is 79.4. The van der Waals surface area contributed by atoms with Crippen LogP contribution < -0.4 is 30.5 Å². The summed E-state index contributed by atoms with van der Waals surface area (Å²) >= 11 is 12.1. The predicted molar refractivity (Wildman–Crippen MR) is 240 cm³/mol. The Balaban J connectivity index is 0.00000111. The van der Waals surface area contributed by atoms with E-state index in [9.17, 15) is 50.8 Å². The van der Waals surface area contributed by atoms with E-state index in [2.05, 4.69) is 39.6 Å². The molecule has 3 aromatic rings. The fourth-order valence-corrected chi connectivity index (χ4v) is 8.73. The number of nitrogens with zero attached hydrogens (tertiary/aromatic N) is 5. The maximum Gasteiger partial charge on any atom is 0.490 e. The number of nitrogens with one attached hydrogen (secondary N) is 3. The van der Waals surface area contributed by atoms with Crippen LogP contribution in [0.4, 0.5) is 49.1 Å². The summed E-state index contributed by atoms with van der Waals surface area (Å²) in [6.45, 7) is 12.0. The highest BCUT2D eigenvalue weighted by molar-refractivity contribution is 7.81. The van der Waals surface area contributed by atoms with Crippen molar-refractivity contribution in [3.63, 3.8) is 0 Å². The van der Waals surface area contributed by atoms with Crippen molar-refractivity contribution in [2.45, 2.75) is 89.9 Å². The molecule has 4 amide bonds. The molecule has 67 heavy (non-hydrogen) atoms. The third kappa shape index (κ3) is 12.5. The molecule has 0 radical (unpaired) electrons. The number of carboxylic acid groups (broad SMARTS) is 1. The zero-order valence-corrected chi connectivity index (χ0v) is 38.3.